The van der Waals surface area contributed by atoms with Crippen molar-refractivity contribution in [3.8, 4) is 0 Å². The molecule has 5 heteroatoms. The minimum absolute atomic E-state index is 0.0903. The molecule has 78 valence electrons. The van der Waals surface area contributed by atoms with Crippen LogP contribution in [-0.2, 0) is 0 Å². The van der Waals surface area contributed by atoms with Gasteiger partial charge in [0.15, 0.2) is 0 Å². The highest BCUT2D eigenvalue weighted by molar-refractivity contribution is 5.56. The Labute approximate surface area is 84.0 Å². The quantitative estimate of drug-likeness (QED) is 0.716. The Kier molecular flexibility index (Phi) is 4.71. The smallest absolute Gasteiger partial charge is 0.0959 e. The van der Waals surface area contributed by atoms with Crippen molar-refractivity contribution in [2.45, 2.75) is 19.5 Å². The summed E-state index contributed by atoms with van der Waals surface area (Å²) in [5.41, 5.74) is 5.66. The molecule has 1 unspecified atom stereocenters. The molecule has 0 fully saturated rings. The van der Waals surface area contributed by atoms with Gasteiger partial charge in [0.25, 0.3) is 0 Å². The summed E-state index contributed by atoms with van der Waals surface area (Å²) in [7, 11) is 0. The van der Waals surface area contributed by atoms with E-state index in [4.69, 9.17) is 5.73 Å². The van der Waals surface area contributed by atoms with E-state index in [1.807, 2.05) is 17.7 Å². The molecule has 2 heterocycles. The van der Waals surface area contributed by atoms with Crippen molar-refractivity contribution in [2.24, 2.45) is 10.7 Å². The zero-order valence-corrected chi connectivity index (χ0v) is 8.43. The second-order valence-electron chi connectivity index (χ2n) is 2.97. The molecule has 0 bridgehead atoms. The van der Waals surface area contributed by atoms with E-state index in [0.29, 0.717) is 0 Å². The number of nitrogens with zero attached hydrogens (tertiary/aromatic N) is 3. The molecule has 0 aliphatic carbocycles. The molecule has 2 rings (SSSR count). The van der Waals surface area contributed by atoms with Gasteiger partial charge in [0.05, 0.1) is 25.4 Å². The molecular formula is C9H17N5. The van der Waals surface area contributed by atoms with E-state index in [9.17, 15) is 0 Å². The molecule has 1 atom stereocenters. The summed E-state index contributed by atoms with van der Waals surface area (Å²) in [4.78, 5) is 7.72. The topological polar surface area (TPSA) is 68.2 Å². The maximum absolute atomic E-state index is 5.66. The van der Waals surface area contributed by atoms with Gasteiger partial charge in [-0.05, 0) is 6.42 Å². The number of aliphatic imine (C=N–C) groups is 1. The van der Waals surface area contributed by atoms with Gasteiger partial charge in [0.1, 0.15) is 0 Å². The van der Waals surface area contributed by atoms with E-state index in [2.05, 4.69) is 15.3 Å². The zero-order valence-electron chi connectivity index (χ0n) is 8.43. The summed E-state index contributed by atoms with van der Waals surface area (Å²) >= 11 is 0. The average Bonchev–Trinajstić information content (AvgIpc) is 2.91. The second-order valence-corrected chi connectivity index (χ2v) is 2.97. The van der Waals surface area contributed by atoms with Crippen LogP contribution in [0, 0.1) is 0 Å². The molecule has 0 aromatic carbocycles. The summed E-state index contributed by atoms with van der Waals surface area (Å²) < 4.78 is 1.89. The second kappa shape index (κ2) is 6.15. The molecule has 1 aromatic heterocycles. The van der Waals surface area contributed by atoms with Crippen LogP contribution in [0.3, 0.4) is 0 Å². The molecule has 0 saturated heterocycles. The van der Waals surface area contributed by atoms with Gasteiger partial charge in [0, 0.05) is 18.9 Å². The fourth-order valence-electron chi connectivity index (χ4n) is 0.999. The Hall–Kier alpha value is -1.36. The normalized spacial score (nSPS) is 15.6. The van der Waals surface area contributed by atoms with Gasteiger partial charge in [-0.3, -0.25) is 4.99 Å². The Bertz CT molecular complexity index is 248. The molecule has 0 saturated carbocycles. The number of hydrogen-bond acceptors (Lipinski definition) is 4. The maximum Gasteiger partial charge on any atom is 0.0959 e. The van der Waals surface area contributed by atoms with Crippen molar-refractivity contribution < 1.29 is 0 Å². The number of nitrogens with two attached hydrogens (primary N) is 1. The fourth-order valence-corrected chi connectivity index (χ4v) is 0.999. The van der Waals surface area contributed by atoms with Gasteiger partial charge in [-0.1, -0.05) is 6.92 Å². The van der Waals surface area contributed by atoms with Crippen molar-refractivity contribution in [1.29, 1.82) is 0 Å². The van der Waals surface area contributed by atoms with E-state index in [1.54, 1.807) is 18.9 Å². The molecule has 1 aliphatic heterocycles. The van der Waals surface area contributed by atoms with Gasteiger partial charge in [-0.2, -0.15) is 0 Å². The van der Waals surface area contributed by atoms with Crippen LogP contribution in [0.4, 0.5) is 0 Å². The Morgan fingerprint density at radius 1 is 1.64 bits per heavy atom. The molecule has 0 radical (unpaired) electrons. The third kappa shape index (κ3) is 3.57. The number of imidazole rings is 1. The van der Waals surface area contributed by atoms with Crippen molar-refractivity contribution in [1.82, 2.24) is 14.9 Å². The number of rotatable bonds is 2. The van der Waals surface area contributed by atoms with Crippen LogP contribution in [0.2, 0.25) is 0 Å². The van der Waals surface area contributed by atoms with Crippen LogP contribution in [0.25, 0.3) is 0 Å². The summed E-state index contributed by atoms with van der Waals surface area (Å²) in [6.45, 7) is 4.03. The van der Waals surface area contributed by atoms with E-state index in [-0.39, 0.29) is 6.17 Å². The lowest BCUT2D eigenvalue weighted by atomic mass is 10.4. The molecular weight excluding hydrogens is 178 g/mol. The molecule has 0 amide bonds. The van der Waals surface area contributed by atoms with Crippen LogP contribution in [-0.4, -0.2) is 29.0 Å². The Morgan fingerprint density at radius 3 is 2.86 bits per heavy atom. The minimum atomic E-state index is 0.0903. The van der Waals surface area contributed by atoms with Gasteiger partial charge in [0.2, 0.25) is 0 Å². The zero-order chi connectivity index (χ0) is 10.2. The minimum Gasteiger partial charge on any atom is -0.375 e. The molecule has 1 aromatic rings. The maximum atomic E-state index is 5.66. The highest BCUT2D eigenvalue weighted by atomic mass is 15.1. The van der Waals surface area contributed by atoms with Crippen LogP contribution in [0.1, 0.15) is 19.5 Å². The van der Waals surface area contributed by atoms with Gasteiger partial charge < -0.3 is 15.6 Å². The van der Waals surface area contributed by atoms with Crippen molar-refractivity contribution in [3.63, 3.8) is 0 Å². The lowest BCUT2D eigenvalue weighted by Crippen LogP contribution is -2.15. The summed E-state index contributed by atoms with van der Waals surface area (Å²) in [5, 5.41) is 2.93. The molecule has 1 aliphatic rings. The predicted octanol–water partition coefficient (Wildman–Crippen LogP) is 0.368. The predicted molar refractivity (Wildman–Crippen MR) is 57.1 cm³/mol. The first-order valence-electron chi connectivity index (χ1n) is 4.79. The van der Waals surface area contributed by atoms with E-state index < -0.39 is 0 Å². The highest BCUT2D eigenvalue weighted by Gasteiger charge is 1.97. The first-order chi connectivity index (χ1) is 6.84. The monoisotopic (exact) mass is 195 g/mol. The van der Waals surface area contributed by atoms with Gasteiger partial charge in [-0.25, -0.2) is 4.98 Å². The van der Waals surface area contributed by atoms with E-state index in [1.165, 1.54) is 0 Å². The SMILES string of the molecule is C1=NCCN1.CCC(N)n1ccnc1. The summed E-state index contributed by atoms with van der Waals surface area (Å²) in [6, 6.07) is 0. The van der Waals surface area contributed by atoms with Crippen molar-refractivity contribution in [3.05, 3.63) is 18.7 Å². The number of hydrogen-bond donors (Lipinski definition) is 2. The summed E-state index contributed by atoms with van der Waals surface area (Å²) in [5.74, 6) is 0. The lowest BCUT2D eigenvalue weighted by Gasteiger charge is -2.08. The van der Waals surface area contributed by atoms with Crippen LogP contribution in [0.15, 0.2) is 23.7 Å². The van der Waals surface area contributed by atoms with Gasteiger partial charge in [-0.15, -0.1) is 0 Å². The summed E-state index contributed by atoms with van der Waals surface area (Å²) in [6.07, 6.45) is 8.10. The standard InChI is InChI=1S/C6H11N3.C3H6N2/c1-2-6(7)9-4-3-8-5-9;1-2-5-3-4-1/h3-6H,2,7H2,1H3;3H,1-2H2,(H,4,5). The third-order valence-electron chi connectivity index (χ3n) is 1.89. The van der Waals surface area contributed by atoms with E-state index in [0.717, 1.165) is 19.5 Å². The Morgan fingerprint density at radius 2 is 2.50 bits per heavy atom. The number of nitrogens with one attached hydrogen (secondary N) is 1. The molecule has 14 heavy (non-hydrogen) atoms. The van der Waals surface area contributed by atoms with Crippen molar-refractivity contribution in [2.75, 3.05) is 13.1 Å². The average molecular weight is 195 g/mol. The largest absolute Gasteiger partial charge is 0.375 e. The molecule has 5 nitrogen and oxygen atoms in total. The third-order valence-corrected chi connectivity index (χ3v) is 1.89. The highest BCUT2D eigenvalue weighted by Crippen LogP contribution is 2.00. The van der Waals surface area contributed by atoms with Crippen molar-refractivity contribution >= 4 is 6.34 Å². The number of aromatic nitrogens is 2. The first kappa shape index (κ1) is 10.7. The molecule has 3 N–H and O–H groups in total. The van der Waals surface area contributed by atoms with Crippen LogP contribution < -0.4 is 11.1 Å². The van der Waals surface area contributed by atoms with Gasteiger partial charge >= 0.3 is 0 Å². The van der Waals surface area contributed by atoms with Crippen LogP contribution in [0.5, 0.6) is 0 Å². The lowest BCUT2D eigenvalue weighted by molar-refractivity contribution is 0.505. The molecule has 0 spiro atoms. The van der Waals surface area contributed by atoms with E-state index >= 15 is 0 Å². The Balaban J connectivity index is 0.000000165. The first-order valence-corrected chi connectivity index (χ1v) is 4.79. The fraction of sp³-hybridized carbons (Fsp3) is 0.556. The van der Waals surface area contributed by atoms with Crippen LogP contribution >= 0.6 is 0 Å².